The van der Waals surface area contributed by atoms with Gasteiger partial charge in [-0.2, -0.15) is 11.8 Å². The second kappa shape index (κ2) is 6.06. The summed E-state index contributed by atoms with van der Waals surface area (Å²) in [4.78, 5) is 22.2. The van der Waals surface area contributed by atoms with E-state index in [-0.39, 0.29) is 17.7 Å². The van der Waals surface area contributed by atoms with E-state index in [4.69, 9.17) is 0 Å². The van der Waals surface area contributed by atoms with Gasteiger partial charge in [0.05, 0.1) is 0 Å². The molecule has 1 atom stereocenters. The van der Waals surface area contributed by atoms with Crippen LogP contribution >= 0.6 is 11.8 Å². The summed E-state index contributed by atoms with van der Waals surface area (Å²) in [6.45, 7) is 2.14. The van der Waals surface area contributed by atoms with Crippen LogP contribution in [0.3, 0.4) is 0 Å². The topological polar surface area (TPSA) is 46.2 Å². The molecule has 0 radical (unpaired) electrons. The summed E-state index contributed by atoms with van der Waals surface area (Å²) in [5.74, 6) is 2.14. The smallest absolute Gasteiger partial charge is 0.229 e. The molecule has 2 amide bonds. The molecule has 0 bridgehead atoms. The molecule has 1 fully saturated rings. The van der Waals surface area contributed by atoms with Crippen LogP contribution < -0.4 is 5.32 Å². The molecule has 0 aromatic heterocycles. The molecule has 3 nitrogen and oxygen atoms in total. The van der Waals surface area contributed by atoms with Crippen molar-refractivity contribution >= 4 is 23.6 Å². The second-order valence-electron chi connectivity index (χ2n) is 3.49. The second-order valence-corrected chi connectivity index (χ2v) is 4.88. The van der Waals surface area contributed by atoms with E-state index >= 15 is 0 Å². The van der Waals surface area contributed by atoms with Gasteiger partial charge >= 0.3 is 0 Å². The molecule has 0 saturated carbocycles. The Morgan fingerprint density at radius 1 is 1.50 bits per heavy atom. The van der Waals surface area contributed by atoms with Gasteiger partial charge in [-0.15, -0.1) is 0 Å². The highest BCUT2D eigenvalue weighted by molar-refractivity contribution is 7.99. The number of imide groups is 1. The zero-order valence-electron chi connectivity index (χ0n) is 8.54. The Labute approximate surface area is 89.0 Å². The van der Waals surface area contributed by atoms with E-state index in [1.54, 1.807) is 0 Å². The van der Waals surface area contributed by atoms with E-state index in [9.17, 15) is 9.59 Å². The lowest BCUT2D eigenvalue weighted by molar-refractivity contribution is -0.136. The van der Waals surface area contributed by atoms with E-state index < -0.39 is 0 Å². The molecule has 1 aliphatic rings. The van der Waals surface area contributed by atoms with Gasteiger partial charge in [-0.3, -0.25) is 14.9 Å². The Bertz CT molecular complexity index is 218. The number of hydrogen-bond donors (Lipinski definition) is 1. The van der Waals surface area contributed by atoms with Gasteiger partial charge < -0.3 is 0 Å². The van der Waals surface area contributed by atoms with Gasteiger partial charge in [-0.05, 0) is 30.8 Å². The van der Waals surface area contributed by atoms with Crippen molar-refractivity contribution in [2.75, 3.05) is 11.5 Å². The third kappa shape index (κ3) is 3.70. The quantitative estimate of drug-likeness (QED) is 0.559. The summed E-state index contributed by atoms with van der Waals surface area (Å²) in [6.07, 6.45) is 3.25. The molecule has 1 heterocycles. The van der Waals surface area contributed by atoms with Gasteiger partial charge in [0.2, 0.25) is 11.8 Å². The molecule has 1 N–H and O–H groups in total. The van der Waals surface area contributed by atoms with Crippen molar-refractivity contribution in [2.45, 2.75) is 32.6 Å². The summed E-state index contributed by atoms with van der Waals surface area (Å²) >= 11 is 1.90. The Morgan fingerprint density at radius 2 is 2.29 bits per heavy atom. The van der Waals surface area contributed by atoms with Crippen LogP contribution in [0.1, 0.15) is 32.6 Å². The predicted molar refractivity (Wildman–Crippen MR) is 58.1 cm³/mol. The molecule has 0 aromatic carbocycles. The van der Waals surface area contributed by atoms with Crippen molar-refractivity contribution in [3.05, 3.63) is 0 Å². The normalized spacial score (nSPS) is 22.2. The molecule has 1 saturated heterocycles. The monoisotopic (exact) mass is 215 g/mol. The largest absolute Gasteiger partial charge is 0.296 e. The lowest BCUT2D eigenvalue weighted by Gasteiger charge is -2.20. The molecular formula is C10H17NO2S. The average molecular weight is 215 g/mol. The minimum atomic E-state index is -0.116. The van der Waals surface area contributed by atoms with Crippen molar-refractivity contribution in [2.24, 2.45) is 5.92 Å². The first-order chi connectivity index (χ1) is 6.74. The number of amides is 2. The van der Waals surface area contributed by atoms with Crippen molar-refractivity contribution in [1.82, 2.24) is 5.32 Å². The van der Waals surface area contributed by atoms with Gasteiger partial charge in [-0.1, -0.05) is 6.92 Å². The standard InChI is InChI=1S/C10H17NO2S/c1-2-14-7-3-4-8-5-6-9(12)11-10(8)13/h8H,2-7H2,1H3,(H,11,12,13). The zero-order chi connectivity index (χ0) is 10.4. The molecule has 0 aliphatic carbocycles. The van der Waals surface area contributed by atoms with Crippen molar-refractivity contribution in [3.8, 4) is 0 Å². The third-order valence-electron chi connectivity index (χ3n) is 2.40. The number of hydrogen-bond acceptors (Lipinski definition) is 3. The van der Waals surface area contributed by atoms with Crippen LogP contribution in [0.25, 0.3) is 0 Å². The summed E-state index contributed by atoms with van der Waals surface area (Å²) in [6, 6.07) is 0. The number of rotatable bonds is 5. The van der Waals surface area contributed by atoms with Gasteiger partial charge in [0, 0.05) is 12.3 Å². The van der Waals surface area contributed by atoms with Gasteiger partial charge in [0.15, 0.2) is 0 Å². The highest BCUT2D eigenvalue weighted by Gasteiger charge is 2.25. The van der Waals surface area contributed by atoms with Crippen LogP contribution in [0.4, 0.5) is 0 Å². The maximum Gasteiger partial charge on any atom is 0.229 e. The number of nitrogens with one attached hydrogen (secondary N) is 1. The summed E-state index contributed by atoms with van der Waals surface area (Å²) in [5.41, 5.74) is 0. The average Bonchev–Trinajstić information content (AvgIpc) is 2.15. The minimum absolute atomic E-state index is 0.0669. The number of carbonyl (C=O) groups excluding carboxylic acids is 2. The van der Waals surface area contributed by atoms with Crippen molar-refractivity contribution in [1.29, 1.82) is 0 Å². The zero-order valence-corrected chi connectivity index (χ0v) is 9.36. The first kappa shape index (κ1) is 11.6. The molecule has 1 aliphatic heterocycles. The molecule has 1 unspecified atom stereocenters. The van der Waals surface area contributed by atoms with Crippen molar-refractivity contribution < 1.29 is 9.59 Å². The highest BCUT2D eigenvalue weighted by Crippen LogP contribution is 2.19. The fourth-order valence-corrected chi connectivity index (χ4v) is 2.25. The van der Waals surface area contributed by atoms with E-state index in [0.717, 1.165) is 30.8 Å². The lowest BCUT2D eigenvalue weighted by atomic mass is 9.94. The Hall–Kier alpha value is -0.510. The van der Waals surface area contributed by atoms with Crippen LogP contribution in [0.15, 0.2) is 0 Å². The van der Waals surface area contributed by atoms with Gasteiger partial charge in [0.1, 0.15) is 0 Å². The molecule has 4 heteroatoms. The number of piperidine rings is 1. The first-order valence-corrected chi connectivity index (χ1v) is 6.31. The Balaban J connectivity index is 2.17. The number of thioether (sulfide) groups is 1. The van der Waals surface area contributed by atoms with Gasteiger partial charge in [0.25, 0.3) is 0 Å². The van der Waals surface area contributed by atoms with Crippen molar-refractivity contribution in [3.63, 3.8) is 0 Å². The van der Waals surface area contributed by atoms with Crippen LogP contribution in [0.2, 0.25) is 0 Å². The Morgan fingerprint density at radius 3 is 2.93 bits per heavy atom. The molecule has 80 valence electrons. The van der Waals surface area contributed by atoms with E-state index in [1.165, 1.54) is 0 Å². The molecular weight excluding hydrogens is 198 g/mol. The van der Waals surface area contributed by atoms with E-state index in [0.29, 0.717) is 6.42 Å². The molecule has 0 aromatic rings. The highest BCUT2D eigenvalue weighted by atomic mass is 32.2. The van der Waals surface area contributed by atoms with Crippen LogP contribution in [-0.4, -0.2) is 23.3 Å². The third-order valence-corrected chi connectivity index (χ3v) is 3.38. The maximum atomic E-state index is 11.3. The van der Waals surface area contributed by atoms with Crippen LogP contribution in [-0.2, 0) is 9.59 Å². The SMILES string of the molecule is CCSCCCC1CCC(=O)NC1=O. The fourth-order valence-electron chi connectivity index (χ4n) is 1.59. The van der Waals surface area contributed by atoms with E-state index in [1.807, 2.05) is 11.8 Å². The molecule has 0 spiro atoms. The summed E-state index contributed by atoms with van der Waals surface area (Å²) in [5, 5.41) is 2.39. The first-order valence-electron chi connectivity index (χ1n) is 5.15. The van der Waals surface area contributed by atoms with Crippen LogP contribution in [0.5, 0.6) is 0 Å². The predicted octanol–water partition coefficient (Wildman–Crippen LogP) is 1.57. The van der Waals surface area contributed by atoms with Crippen LogP contribution in [0, 0.1) is 5.92 Å². The van der Waals surface area contributed by atoms with E-state index in [2.05, 4.69) is 12.2 Å². The Kier molecular flexibility index (Phi) is 5.01. The lowest BCUT2D eigenvalue weighted by Crippen LogP contribution is -2.40. The minimum Gasteiger partial charge on any atom is -0.296 e. The summed E-state index contributed by atoms with van der Waals surface area (Å²) < 4.78 is 0. The summed E-state index contributed by atoms with van der Waals surface area (Å²) in [7, 11) is 0. The number of carbonyl (C=O) groups is 2. The maximum absolute atomic E-state index is 11.3. The molecule has 1 rings (SSSR count). The molecule has 14 heavy (non-hydrogen) atoms. The van der Waals surface area contributed by atoms with Gasteiger partial charge in [-0.25, -0.2) is 0 Å². The fraction of sp³-hybridized carbons (Fsp3) is 0.800.